The van der Waals surface area contributed by atoms with Gasteiger partial charge in [-0.2, -0.15) is 0 Å². The van der Waals surface area contributed by atoms with E-state index in [1.165, 1.54) is 5.57 Å². The second-order valence-corrected chi connectivity index (χ2v) is 4.01. The summed E-state index contributed by atoms with van der Waals surface area (Å²) in [7, 11) is 1.80. The van der Waals surface area contributed by atoms with Crippen LogP contribution in [-0.4, -0.2) is 30.5 Å². The Labute approximate surface area is 87.5 Å². The van der Waals surface area contributed by atoms with E-state index in [0.29, 0.717) is 12.6 Å². The van der Waals surface area contributed by atoms with Crippen molar-refractivity contribution in [3.63, 3.8) is 0 Å². The van der Waals surface area contributed by atoms with Gasteiger partial charge in [-0.25, -0.2) is 0 Å². The Kier molecular flexibility index (Phi) is 6.37. The van der Waals surface area contributed by atoms with Crippen LogP contribution in [0.5, 0.6) is 0 Å². The quantitative estimate of drug-likeness (QED) is 0.493. The topological polar surface area (TPSA) is 24.6 Å². The molecule has 0 N–H and O–H groups in total. The summed E-state index contributed by atoms with van der Waals surface area (Å²) in [6.45, 7) is 11.0. The molecule has 0 radical (unpaired) electrons. The van der Waals surface area contributed by atoms with Crippen LogP contribution >= 0.6 is 0 Å². The summed E-state index contributed by atoms with van der Waals surface area (Å²) in [5.41, 5.74) is 1.19. The summed E-state index contributed by atoms with van der Waals surface area (Å²) < 4.78 is 7.44. The van der Waals surface area contributed by atoms with Gasteiger partial charge in [0.25, 0.3) is 0 Å². The van der Waals surface area contributed by atoms with Gasteiger partial charge in [0.1, 0.15) is 0 Å². The maximum atomic E-state index is 5.49. The van der Waals surface area contributed by atoms with Crippen LogP contribution in [0.4, 0.5) is 0 Å². The van der Waals surface area contributed by atoms with Crippen LogP contribution in [0.25, 0.3) is 0 Å². The van der Waals surface area contributed by atoms with Crippen LogP contribution in [-0.2, 0) is 4.74 Å². The van der Waals surface area contributed by atoms with Crippen LogP contribution < -0.4 is 0 Å². The lowest BCUT2D eigenvalue weighted by molar-refractivity contribution is -0.559. The lowest BCUT2D eigenvalue weighted by Gasteiger charge is -2.06. The predicted molar refractivity (Wildman–Crippen MR) is 58.6 cm³/mol. The molecule has 0 aliphatic rings. The van der Waals surface area contributed by atoms with Crippen molar-refractivity contribution in [3.05, 3.63) is 11.8 Å². The maximum Gasteiger partial charge on any atom is 0.197 e. The molecule has 0 bridgehead atoms. The molecule has 3 heteroatoms. The van der Waals surface area contributed by atoms with Crippen LogP contribution in [0.1, 0.15) is 34.6 Å². The van der Waals surface area contributed by atoms with Crippen molar-refractivity contribution >= 4 is 0 Å². The normalized spacial score (nSPS) is 14.3. The van der Waals surface area contributed by atoms with Gasteiger partial charge in [0.15, 0.2) is 12.2 Å². The largest absolute Gasteiger partial charge is 0.374 e. The molecular formula is C11H23N2O+. The summed E-state index contributed by atoms with van der Waals surface area (Å²) in [5.74, 6) is 0. The van der Waals surface area contributed by atoms with Crippen molar-refractivity contribution in [3.8, 4) is 0 Å². The van der Waals surface area contributed by atoms with Gasteiger partial charge in [-0.05, 0) is 39.7 Å². The minimum atomic E-state index is 0.282. The summed E-state index contributed by atoms with van der Waals surface area (Å²) in [6.07, 6.45) is 2.32. The first-order valence-corrected chi connectivity index (χ1v) is 5.14. The molecule has 0 amide bonds. The molecular weight excluding hydrogens is 176 g/mol. The summed E-state index contributed by atoms with van der Waals surface area (Å²) in [5, 5.41) is 4.16. The highest BCUT2D eigenvalue weighted by atomic mass is 16.5. The third-order valence-corrected chi connectivity index (χ3v) is 1.76. The first-order chi connectivity index (χ1) is 6.47. The minimum Gasteiger partial charge on any atom is -0.374 e. The third-order valence-electron chi connectivity index (χ3n) is 1.76. The molecule has 0 atom stereocenters. The molecule has 0 spiro atoms. The van der Waals surface area contributed by atoms with Gasteiger partial charge >= 0.3 is 0 Å². The molecule has 0 heterocycles. The number of hydrogen-bond donors (Lipinski definition) is 0. The van der Waals surface area contributed by atoms with Crippen LogP contribution in [0.15, 0.2) is 16.9 Å². The Morgan fingerprint density at radius 3 is 2.29 bits per heavy atom. The van der Waals surface area contributed by atoms with E-state index in [2.05, 4.69) is 25.9 Å². The van der Waals surface area contributed by atoms with Gasteiger partial charge in [0.05, 0.1) is 19.8 Å². The second-order valence-electron chi connectivity index (χ2n) is 4.01. The number of hydrogen-bond acceptors (Lipinski definition) is 2. The van der Waals surface area contributed by atoms with Gasteiger partial charge in [0, 0.05) is 5.57 Å². The molecule has 0 aromatic rings. The van der Waals surface area contributed by atoms with E-state index in [9.17, 15) is 0 Å². The van der Waals surface area contributed by atoms with Crippen LogP contribution in [0, 0.1) is 0 Å². The van der Waals surface area contributed by atoms with E-state index in [4.69, 9.17) is 4.74 Å². The van der Waals surface area contributed by atoms with Gasteiger partial charge < -0.3 is 4.74 Å². The monoisotopic (exact) mass is 199 g/mol. The first-order valence-electron chi connectivity index (χ1n) is 5.14. The highest BCUT2D eigenvalue weighted by Gasteiger charge is 2.08. The zero-order valence-corrected chi connectivity index (χ0v) is 10.2. The fourth-order valence-electron chi connectivity index (χ4n) is 0.999. The van der Waals surface area contributed by atoms with E-state index < -0.39 is 0 Å². The SMILES string of the molecule is CN=[N+](/C=C(\C)COC(C)C)C(C)C. The molecule has 0 saturated carbocycles. The third kappa shape index (κ3) is 5.86. The zero-order chi connectivity index (χ0) is 11.1. The Morgan fingerprint density at radius 2 is 1.93 bits per heavy atom. The van der Waals surface area contributed by atoms with Gasteiger partial charge in [-0.3, -0.25) is 0 Å². The highest BCUT2D eigenvalue weighted by Crippen LogP contribution is 2.00. The maximum absolute atomic E-state index is 5.49. The minimum absolute atomic E-state index is 0.282. The van der Waals surface area contributed by atoms with Crippen molar-refractivity contribution in [2.45, 2.75) is 46.8 Å². The van der Waals surface area contributed by atoms with E-state index in [1.807, 2.05) is 24.7 Å². The highest BCUT2D eigenvalue weighted by molar-refractivity contribution is 4.92. The number of rotatable bonds is 5. The molecule has 0 aliphatic heterocycles. The molecule has 3 nitrogen and oxygen atoms in total. The Hall–Kier alpha value is -0.700. The van der Waals surface area contributed by atoms with Crippen molar-refractivity contribution in [2.75, 3.05) is 13.7 Å². The van der Waals surface area contributed by atoms with E-state index in [0.717, 1.165) is 0 Å². The number of azo groups is 2. The van der Waals surface area contributed by atoms with Crippen molar-refractivity contribution in [1.29, 1.82) is 0 Å². The number of nitrogens with zero attached hydrogens (tertiary/aromatic N) is 2. The average Bonchev–Trinajstić information content (AvgIpc) is 2.10. The molecule has 0 aliphatic carbocycles. The zero-order valence-electron chi connectivity index (χ0n) is 10.2. The standard InChI is InChI=1S/C11H23N2O/c1-9(2)13(12-6)7-11(5)8-14-10(3)4/h7,9-10H,8H2,1-6H3/q+1/b11-7+,13-12?. The molecule has 14 heavy (non-hydrogen) atoms. The lowest BCUT2D eigenvalue weighted by atomic mass is 10.3. The number of ether oxygens (including phenoxy) is 1. The Morgan fingerprint density at radius 1 is 1.36 bits per heavy atom. The van der Waals surface area contributed by atoms with E-state index in [1.54, 1.807) is 7.05 Å². The molecule has 0 fully saturated rings. The average molecular weight is 199 g/mol. The van der Waals surface area contributed by atoms with E-state index >= 15 is 0 Å². The molecule has 0 saturated heterocycles. The summed E-state index contributed by atoms with van der Waals surface area (Å²) in [4.78, 5) is 0. The van der Waals surface area contributed by atoms with E-state index in [-0.39, 0.29) is 6.10 Å². The fraction of sp³-hybridized carbons (Fsp3) is 0.818. The molecule has 0 unspecified atom stereocenters. The first kappa shape index (κ1) is 13.3. The molecule has 0 aromatic heterocycles. The van der Waals surface area contributed by atoms with Crippen molar-refractivity contribution in [2.24, 2.45) is 5.11 Å². The predicted octanol–water partition coefficient (Wildman–Crippen LogP) is 2.82. The van der Waals surface area contributed by atoms with Crippen LogP contribution in [0.3, 0.4) is 0 Å². The van der Waals surface area contributed by atoms with Crippen molar-refractivity contribution < 1.29 is 9.43 Å². The smallest absolute Gasteiger partial charge is 0.197 e. The molecule has 82 valence electrons. The van der Waals surface area contributed by atoms with Gasteiger partial charge in [-0.1, -0.05) is 4.70 Å². The Bertz CT molecular complexity index is 217. The van der Waals surface area contributed by atoms with Gasteiger partial charge in [0.2, 0.25) is 0 Å². The summed E-state index contributed by atoms with van der Waals surface area (Å²) >= 11 is 0. The molecule has 0 rings (SSSR count). The summed E-state index contributed by atoms with van der Waals surface area (Å²) in [6, 6.07) is 0.397. The van der Waals surface area contributed by atoms with Crippen molar-refractivity contribution in [1.82, 2.24) is 0 Å². The molecule has 0 aromatic carbocycles. The lowest BCUT2D eigenvalue weighted by Crippen LogP contribution is -2.14. The Balaban J connectivity index is 4.21. The second kappa shape index (κ2) is 6.71. The van der Waals surface area contributed by atoms with Gasteiger partial charge in [-0.15, -0.1) is 0 Å². The fourth-order valence-corrected chi connectivity index (χ4v) is 0.999. The van der Waals surface area contributed by atoms with Crippen LogP contribution in [0.2, 0.25) is 0 Å².